The average molecular weight is 333 g/mol. The van der Waals surface area contributed by atoms with Crippen LogP contribution in [0, 0.1) is 5.41 Å². The van der Waals surface area contributed by atoms with E-state index in [0.29, 0.717) is 10.6 Å². The van der Waals surface area contributed by atoms with Crippen LogP contribution in [0.2, 0.25) is 0 Å². The highest BCUT2D eigenvalue weighted by Crippen LogP contribution is 2.36. The Morgan fingerprint density at radius 3 is 2.52 bits per heavy atom. The van der Waals surface area contributed by atoms with Gasteiger partial charge in [0.15, 0.2) is 0 Å². The van der Waals surface area contributed by atoms with E-state index in [1.54, 1.807) is 7.11 Å². The molecule has 0 saturated carbocycles. The van der Waals surface area contributed by atoms with E-state index in [-0.39, 0.29) is 17.9 Å². The van der Waals surface area contributed by atoms with Crippen LogP contribution in [0.1, 0.15) is 30.4 Å². The van der Waals surface area contributed by atoms with Crippen molar-refractivity contribution in [3.05, 3.63) is 41.3 Å². The van der Waals surface area contributed by atoms with E-state index in [4.69, 9.17) is 4.74 Å². The van der Waals surface area contributed by atoms with Gasteiger partial charge in [-0.3, -0.25) is 4.79 Å². The van der Waals surface area contributed by atoms with Crippen LogP contribution in [0.15, 0.2) is 36.4 Å². The van der Waals surface area contributed by atoms with Crippen molar-refractivity contribution in [3.63, 3.8) is 0 Å². The van der Waals surface area contributed by atoms with Crippen LogP contribution in [-0.2, 0) is 0 Å². The van der Waals surface area contributed by atoms with Crippen LogP contribution < -0.4 is 10.1 Å². The van der Waals surface area contributed by atoms with Crippen LogP contribution in [0.5, 0.6) is 5.75 Å². The van der Waals surface area contributed by atoms with E-state index in [1.165, 1.54) is 11.3 Å². The molecule has 0 aliphatic rings. The smallest absolute Gasteiger partial charge is 0.265 e. The van der Waals surface area contributed by atoms with Gasteiger partial charge in [-0.2, -0.15) is 0 Å². The summed E-state index contributed by atoms with van der Waals surface area (Å²) in [4.78, 5) is 13.9. The third-order valence-corrected chi connectivity index (χ3v) is 4.80. The first-order valence-electron chi connectivity index (χ1n) is 7.52. The van der Waals surface area contributed by atoms with Gasteiger partial charge in [0.1, 0.15) is 10.6 Å². The second-order valence-electron chi connectivity index (χ2n) is 6.47. The number of rotatable bonds is 5. The summed E-state index contributed by atoms with van der Waals surface area (Å²) in [5, 5.41) is 12.8. The van der Waals surface area contributed by atoms with Gasteiger partial charge in [0, 0.05) is 11.4 Å². The van der Waals surface area contributed by atoms with Crippen molar-refractivity contribution in [1.29, 1.82) is 0 Å². The molecule has 0 aliphatic carbocycles. The predicted molar refractivity (Wildman–Crippen MR) is 94.1 cm³/mol. The fraction of sp³-hybridized carbons (Fsp3) is 0.389. The number of nitrogens with one attached hydrogen (secondary N) is 1. The lowest BCUT2D eigenvalue weighted by Crippen LogP contribution is -2.39. The maximum Gasteiger partial charge on any atom is 0.265 e. The Morgan fingerprint density at radius 1 is 1.30 bits per heavy atom. The molecule has 0 radical (unpaired) electrons. The molecule has 1 heterocycles. The molecular formula is C18H23NO3S. The summed E-state index contributed by atoms with van der Waals surface area (Å²) in [6.07, 6.45) is -0.606. The van der Waals surface area contributed by atoms with Crippen LogP contribution in [-0.4, -0.2) is 30.8 Å². The van der Waals surface area contributed by atoms with E-state index in [9.17, 15) is 9.90 Å². The third-order valence-electron chi connectivity index (χ3n) is 3.64. The van der Waals surface area contributed by atoms with Gasteiger partial charge < -0.3 is 15.2 Å². The molecule has 1 aromatic heterocycles. The molecule has 124 valence electrons. The third kappa shape index (κ3) is 4.33. The second kappa shape index (κ2) is 7.15. The standard InChI is InChI=1S/C18H23NO3S/c1-18(2,3)15(20)11-19-17(21)16-13(22-4)10-14(23-16)12-8-6-5-7-9-12/h5-10,15,20H,11H2,1-4H3,(H,19,21). The molecule has 0 aliphatic heterocycles. The first-order valence-corrected chi connectivity index (χ1v) is 8.34. The van der Waals surface area contributed by atoms with E-state index in [0.717, 1.165) is 10.4 Å². The number of benzene rings is 1. The van der Waals surface area contributed by atoms with Crippen LogP contribution >= 0.6 is 11.3 Å². The molecule has 0 saturated heterocycles. The van der Waals surface area contributed by atoms with E-state index in [1.807, 2.05) is 57.2 Å². The topological polar surface area (TPSA) is 58.6 Å². The molecule has 23 heavy (non-hydrogen) atoms. The van der Waals surface area contributed by atoms with Crippen molar-refractivity contribution < 1.29 is 14.6 Å². The Kier molecular flexibility index (Phi) is 5.44. The van der Waals surface area contributed by atoms with Gasteiger partial charge in [0.2, 0.25) is 0 Å². The molecule has 2 rings (SSSR count). The molecule has 4 nitrogen and oxygen atoms in total. The van der Waals surface area contributed by atoms with Gasteiger partial charge in [0.25, 0.3) is 5.91 Å². The summed E-state index contributed by atoms with van der Waals surface area (Å²) in [7, 11) is 1.55. The minimum Gasteiger partial charge on any atom is -0.495 e. The average Bonchev–Trinajstić information content (AvgIpc) is 2.96. The predicted octanol–water partition coefficient (Wildman–Crippen LogP) is 3.56. The lowest BCUT2D eigenvalue weighted by molar-refractivity contribution is 0.0587. The van der Waals surface area contributed by atoms with Crippen molar-refractivity contribution in [2.24, 2.45) is 5.41 Å². The summed E-state index contributed by atoms with van der Waals surface area (Å²) in [6.45, 7) is 6.01. The molecule has 2 aromatic rings. The molecule has 5 heteroatoms. The van der Waals surface area contributed by atoms with Gasteiger partial charge in [0.05, 0.1) is 13.2 Å². The Balaban J connectivity index is 2.16. The largest absolute Gasteiger partial charge is 0.495 e. The Hall–Kier alpha value is -1.85. The van der Waals surface area contributed by atoms with Crippen LogP contribution in [0.4, 0.5) is 0 Å². The fourth-order valence-corrected chi connectivity index (χ4v) is 3.05. The van der Waals surface area contributed by atoms with Crippen LogP contribution in [0.3, 0.4) is 0 Å². The maximum atomic E-state index is 12.4. The first kappa shape index (κ1) is 17.5. The first-order chi connectivity index (χ1) is 10.8. The number of thiophene rings is 1. The molecule has 0 fully saturated rings. The minimum absolute atomic E-state index is 0.212. The Labute approximate surface area is 141 Å². The number of hydrogen-bond donors (Lipinski definition) is 2. The van der Waals surface area contributed by atoms with Crippen molar-refractivity contribution >= 4 is 17.2 Å². The number of aliphatic hydroxyl groups excluding tert-OH is 1. The number of methoxy groups -OCH3 is 1. The van der Waals surface area contributed by atoms with Crippen LogP contribution in [0.25, 0.3) is 10.4 Å². The zero-order valence-electron chi connectivity index (χ0n) is 13.9. The summed E-state index contributed by atoms with van der Waals surface area (Å²) in [5.74, 6) is 0.328. The normalized spacial score (nSPS) is 12.7. The monoisotopic (exact) mass is 333 g/mol. The molecule has 1 unspecified atom stereocenters. The number of carbonyl (C=O) groups excluding carboxylic acids is 1. The van der Waals surface area contributed by atoms with Crippen molar-refractivity contribution in [3.8, 4) is 16.2 Å². The van der Waals surface area contributed by atoms with Crippen molar-refractivity contribution in [2.45, 2.75) is 26.9 Å². The van der Waals surface area contributed by atoms with E-state index >= 15 is 0 Å². The fourth-order valence-electron chi connectivity index (χ4n) is 2.00. The summed E-state index contributed by atoms with van der Waals surface area (Å²) < 4.78 is 5.33. The number of carbonyl (C=O) groups is 1. The van der Waals surface area contributed by atoms with Crippen molar-refractivity contribution in [1.82, 2.24) is 5.32 Å². The van der Waals surface area contributed by atoms with Gasteiger partial charge in [-0.15, -0.1) is 11.3 Å². The Morgan fingerprint density at radius 2 is 1.96 bits per heavy atom. The highest BCUT2D eigenvalue weighted by Gasteiger charge is 2.24. The van der Waals surface area contributed by atoms with E-state index in [2.05, 4.69) is 5.32 Å². The van der Waals surface area contributed by atoms with E-state index < -0.39 is 6.10 Å². The highest BCUT2D eigenvalue weighted by atomic mass is 32.1. The zero-order valence-corrected chi connectivity index (χ0v) is 14.7. The molecule has 1 aromatic carbocycles. The van der Waals surface area contributed by atoms with Gasteiger partial charge in [-0.1, -0.05) is 51.1 Å². The number of amides is 1. The number of aliphatic hydroxyl groups is 1. The SMILES string of the molecule is COc1cc(-c2ccccc2)sc1C(=O)NCC(O)C(C)(C)C. The zero-order chi connectivity index (χ0) is 17.0. The molecule has 0 spiro atoms. The lowest BCUT2D eigenvalue weighted by Gasteiger charge is -2.25. The molecule has 1 amide bonds. The maximum absolute atomic E-state index is 12.4. The lowest BCUT2D eigenvalue weighted by atomic mass is 9.89. The summed E-state index contributed by atoms with van der Waals surface area (Å²) in [5.41, 5.74) is 0.770. The number of hydrogen-bond acceptors (Lipinski definition) is 4. The van der Waals surface area contributed by atoms with Gasteiger partial charge >= 0.3 is 0 Å². The quantitative estimate of drug-likeness (QED) is 0.879. The second-order valence-corrected chi connectivity index (χ2v) is 7.52. The summed E-state index contributed by atoms with van der Waals surface area (Å²) >= 11 is 1.39. The summed E-state index contributed by atoms with van der Waals surface area (Å²) in [6, 6.07) is 11.7. The van der Waals surface area contributed by atoms with Crippen molar-refractivity contribution in [2.75, 3.05) is 13.7 Å². The number of ether oxygens (including phenoxy) is 1. The minimum atomic E-state index is -0.606. The molecular weight excluding hydrogens is 310 g/mol. The van der Waals surface area contributed by atoms with Gasteiger partial charge in [-0.25, -0.2) is 0 Å². The highest BCUT2D eigenvalue weighted by molar-refractivity contribution is 7.17. The Bertz CT molecular complexity index is 659. The molecule has 2 N–H and O–H groups in total. The molecule has 0 bridgehead atoms. The van der Waals surface area contributed by atoms with Gasteiger partial charge in [-0.05, 0) is 17.0 Å². The molecule has 1 atom stereocenters.